The van der Waals surface area contributed by atoms with Crippen LogP contribution in [0.3, 0.4) is 0 Å². The van der Waals surface area contributed by atoms with Crippen LogP contribution in [-0.2, 0) is 9.53 Å². The van der Waals surface area contributed by atoms with E-state index in [9.17, 15) is 9.59 Å². The van der Waals surface area contributed by atoms with Crippen molar-refractivity contribution >= 4 is 58.2 Å². The Balaban J connectivity index is 1.72. The van der Waals surface area contributed by atoms with E-state index < -0.39 is 18.0 Å². The number of aromatic nitrogens is 2. The van der Waals surface area contributed by atoms with Crippen molar-refractivity contribution in [3.63, 3.8) is 0 Å². The number of nitrogens with one attached hydrogen (secondary N) is 3. The third kappa shape index (κ3) is 6.47. The molecule has 3 rings (SSSR count). The highest BCUT2D eigenvalue weighted by Gasteiger charge is 2.21. The van der Waals surface area contributed by atoms with Crippen molar-refractivity contribution in [1.29, 1.82) is 5.26 Å². The monoisotopic (exact) mass is 515 g/mol. The zero-order chi connectivity index (χ0) is 24.0. The Labute approximate surface area is 202 Å². The van der Waals surface area contributed by atoms with Gasteiger partial charge in [-0.3, -0.25) is 10.1 Å². The van der Waals surface area contributed by atoms with E-state index in [-0.39, 0.29) is 32.5 Å². The molecule has 1 aliphatic heterocycles. The van der Waals surface area contributed by atoms with Crippen LogP contribution in [0.5, 0.6) is 11.6 Å². The van der Waals surface area contributed by atoms with Crippen LogP contribution in [0.15, 0.2) is 18.2 Å². The number of hydrogen-bond acceptors (Lipinski definition) is 10. The van der Waals surface area contributed by atoms with Crippen LogP contribution in [0.2, 0.25) is 15.2 Å². The van der Waals surface area contributed by atoms with Gasteiger partial charge >= 0.3 is 6.09 Å². The zero-order valence-corrected chi connectivity index (χ0v) is 18.9. The molecule has 15 heteroatoms. The van der Waals surface area contributed by atoms with Crippen LogP contribution in [0.1, 0.15) is 0 Å². The van der Waals surface area contributed by atoms with Gasteiger partial charge in [-0.05, 0) is 12.1 Å². The first kappa shape index (κ1) is 24.6. The molecule has 1 atom stereocenters. The van der Waals surface area contributed by atoms with E-state index in [1.165, 1.54) is 12.1 Å². The Morgan fingerprint density at radius 2 is 1.85 bits per heavy atom. The number of morpholine rings is 1. The summed E-state index contributed by atoms with van der Waals surface area (Å²) < 4.78 is 11.1. The van der Waals surface area contributed by atoms with Gasteiger partial charge in [0.25, 0.3) is 5.91 Å². The molecule has 1 aromatic heterocycles. The lowest BCUT2D eigenvalue weighted by Crippen LogP contribution is -2.47. The molecule has 1 saturated heterocycles. The molecule has 2 amide bonds. The van der Waals surface area contributed by atoms with Gasteiger partial charge in [0.1, 0.15) is 0 Å². The number of carbonyl (C=O) groups is 2. The minimum Gasteiger partial charge on any atom is -0.465 e. The topological polar surface area (TPSA) is 162 Å². The molecule has 1 unspecified atom stereocenters. The summed E-state index contributed by atoms with van der Waals surface area (Å²) in [5.74, 6) is -0.862. The number of hydrazine groups is 1. The first-order valence-corrected chi connectivity index (χ1v) is 10.4. The predicted molar refractivity (Wildman–Crippen MR) is 119 cm³/mol. The average molecular weight is 517 g/mol. The van der Waals surface area contributed by atoms with Gasteiger partial charge in [0.2, 0.25) is 5.88 Å². The van der Waals surface area contributed by atoms with Crippen LogP contribution in [0, 0.1) is 11.3 Å². The minimum absolute atomic E-state index is 0.0833. The van der Waals surface area contributed by atoms with Gasteiger partial charge in [0, 0.05) is 19.2 Å². The summed E-state index contributed by atoms with van der Waals surface area (Å²) in [5.41, 5.74) is 5.84. The Bertz CT molecular complexity index is 1070. The molecule has 1 aromatic carbocycles. The maximum atomic E-state index is 11.6. The molecule has 174 valence electrons. The number of nitrogens with zero attached hydrogens (tertiary/aromatic N) is 4. The molecule has 1 aliphatic rings. The lowest BCUT2D eigenvalue weighted by atomic mass is 10.3. The summed E-state index contributed by atoms with van der Waals surface area (Å²) in [6.45, 7) is 2.38. The Kier molecular flexibility index (Phi) is 8.32. The molecule has 33 heavy (non-hydrogen) atoms. The summed E-state index contributed by atoms with van der Waals surface area (Å²) in [6.07, 6.45) is -1.59. The third-order valence-electron chi connectivity index (χ3n) is 4.25. The van der Waals surface area contributed by atoms with Gasteiger partial charge in [-0.15, -0.1) is 10.2 Å². The van der Waals surface area contributed by atoms with Gasteiger partial charge in [-0.25, -0.2) is 10.2 Å². The smallest absolute Gasteiger partial charge is 0.411 e. The predicted octanol–water partition coefficient (Wildman–Crippen LogP) is 2.67. The fourth-order valence-electron chi connectivity index (χ4n) is 2.75. The second-order valence-electron chi connectivity index (χ2n) is 6.45. The molecule has 12 nitrogen and oxygen atoms in total. The SMILES string of the molecule is N#CC(NNc1cc(Cl)c(Oc2cc(N3CCOCC3)c(Cl)nn2)c(Cl)c1)C(=O)NC(=O)O. The van der Waals surface area contributed by atoms with Crippen molar-refractivity contribution in [1.82, 2.24) is 20.9 Å². The number of imide groups is 1. The lowest BCUT2D eigenvalue weighted by Gasteiger charge is -2.29. The Morgan fingerprint density at radius 3 is 2.45 bits per heavy atom. The number of halogens is 3. The zero-order valence-electron chi connectivity index (χ0n) is 16.6. The van der Waals surface area contributed by atoms with Crippen LogP contribution in [0.25, 0.3) is 0 Å². The van der Waals surface area contributed by atoms with Gasteiger partial charge in [0.05, 0.1) is 40.7 Å². The highest BCUT2D eigenvalue weighted by Crippen LogP contribution is 2.39. The molecule has 1 fully saturated rings. The second-order valence-corrected chi connectivity index (χ2v) is 7.63. The quantitative estimate of drug-likeness (QED) is 0.400. The first-order chi connectivity index (χ1) is 15.8. The number of ether oxygens (including phenoxy) is 2. The lowest BCUT2D eigenvalue weighted by molar-refractivity contribution is -0.120. The van der Waals surface area contributed by atoms with Crippen LogP contribution >= 0.6 is 34.8 Å². The second kappa shape index (κ2) is 11.2. The number of anilines is 2. The standard InChI is InChI=1S/C18H16Cl3N7O5/c19-10-5-9(24-25-12(8-22)17(29)23-18(30)31)6-11(20)15(10)33-14-7-13(16(21)27-26-14)28-1-3-32-4-2-28/h5-7,12,24-25H,1-4H2,(H,23,29)(H,30,31). The number of benzene rings is 1. The summed E-state index contributed by atoms with van der Waals surface area (Å²) in [7, 11) is 0. The van der Waals surface area contributed by atoms with Crippen molar-refractivity contribution in [2.75, 3.05) is 36.6 Å². The summed E-state index contributed by atoms with van der Waals surface area (Å²) >= 11 is 18.7. The number of nitriles is 1. The van der Waals surface area contributed by atoms with E-state index in [4.69, 9.17) is 54.6 Å². The number of rotatable bonds is 7. The van der Waals surface area contributed by atoms with Gasteiger partial charge in [0.15, 0.2) is 16.9 Å². The fraction of sp³-hybridized carbons (Fsp3) is 0.278. The highest BCUT2D eigenvalue weighted by atomic mass is 35.5. The number of hydrogen-bond donors (Lipinski definition) is 4. The largest absolute Gasteiger partial charge is 0.465 e. The van der Waals surface area contributed by atoms with Crippen molar-refractivity contribution in [3.8, 4) is 17.7 Å². The number of carbonyl (C=O) groups excluding carboxylic acids is 1. The molecule has 0 saturated carbocycles. The number of amides is 2. The molecule has 2 heterocycles. The van der Waals surface area contributed by atoms with Crippen molar-refractivity contribution in [2.45, 2.75) is 6.04 Å². The number of carboxylic acid groups (broad SMARTS) is 1. The molecule has 0 aliphatic carbocycles. The van der Waals surface area contributed by atoms with E-state index in [1.807, 2.05) is 4.90 Å². The van der Waals surface area contributed by atoms with Gasteiger partial charge in [-0.2, -0.15) is 5.26 Å². The third-order valence-corrected chi connectivity index (χ3v) is 5.08. The molecular formula is C18H16Cl3N7O5. The normalized spacial score (nSPS) is 14.2. The highest BCUT2D eigenvalue weighted by molar-refractivity contribution is 6.37. The molecular weight excluding hydrogens is 501 g/mol. The minimum atomic E-state index is -1.59. The summed E-state index contributed by atoms with van der Waals surface area (Å²) in [4.78, 5) is 24.2. The Hall–Kier alpha value is -3.08. The van der Waals surface area contributed by atoms with Crippen LogP contribution < -0.4 is 25.8 Å². The van der Waals surface area contributed by atoms with E-state index >= 15 is 0 Å². The molecule has 0 radical (unpaired) electrons. The molecule has 4 N–H and O–H groups in total. The summed E-state index contributed by atoms with van der Waals surface area (Å²) in [6, 6.07) is 4.54. The van der Waals surface area contributed by atoms with E-state index in [1.54, 1.807) is 17.5 Å². The Morgan fingerprint density at radius 1 is 1.18 bits per heavy atom. The van der Waals surface area contributed by atoms with E-state index in [0.717, 1.165) is 0 Å². The fourth-order valence-corrected chi connectivity index (χ4v) is 3.53. The van der Waals surface area contributed by atoms with Gasteiger partial charge in [-0.1, -0.05) is 34.8 Å². The molecule has 0 bridgehead atoms. The van der Waals surface area contributed by atoms with Crippen molar-refractivity contribution in [2.24, 2.45) is 0 Å². The summed E-state index contributed by atoms with van der Waals surface area (Å²) in [5, 5.41) is 27.4. The van der Waals surface area contributed by atoms with E-state index in [2.05, 4.69) is 21.0 Å². The first-order valence-electron chi connectivity index (χ1n) is 9.26. The van der Waals surface area contributed by atoms with Crippen molar-refractivity contribution < 1.29 is 24.2 Å². The van der Waals surface area contributed by atoms with Crippen LogP contribution in [0.4, 0.5) is 16.2 Å². The molecule has 2 aromatic rings. The maximum Gasteiger partial charge on any atom is 0.411 e. The molecule has 0 spiro atoms. The average Bonchev–Trinajstić information content (AvgIpc) is 2.78. The van der Waals surface area contributed by atoms with Crippen LogP contribution in [-0.4, -0.2) is 59.6 Å². The van der Waals surface area contributed by atoms with Crippen molar-refractivity contribution in [3.05, 3.63) is 33.4 Å². The van der Waals surface area contributed by atoms with Gasteiger partial charge < -0.3 is 24.9 Å². The van der Waals surface area contributed by atoms with E-state index in [0.29, 0.717) is 32.0 Å². The maximum absolute atomic E-state index is 11.6.